The predicted molar refractivity (Wildman–Crippen MR) is 79.9 cm³/mol. The van der Waals surface area contributed by atoms with Crippen molar-refractivity contribution >= 4 is 11.7 Å². The molecule has 0 aliphatic carbocycles. The molecule has 0 aliphatic heterocycles. The minimum absolute atomic E-state index is 0.162. The highest BCUT2D eigenvalue weighted by molar-refractivity contribution is 5.89. The summed E-state index contributed by atoms with van der Waals surface area (Å²) >= 11 is 0. The molecule has 0 aromatic heterocycles. The van der Waals surface area contributed by atoms with Crippen LogP contribution in [0.1, 0.15) is 19.4 Å². The van der Waals surface area contributed by atoms with E-state index in [1.165, 1.54) is 0 Å². The minimum Gasteiger partial charge on any atom is -0.389 e. The van der Waals surface area contributed by atoms with E-state index in [-0.39, 0.29) is 19.2 Å². The Bertz CT molecular complexity index is 421. The van der Waals surface area contributed by atoms with Crippen molar-refractivity contribution in [3.63, 3.8) is 0 Å². The zero-order valence-electron chi connectivity index (χ0n) is 12.3. The highest BCUT2D eigenvalue weighted by Gasteiger charge is 2.08. The van der Waals surface area contributed by atoms with Gasteiger partial charge in [-0.15, -0.1) is 0 Å². The Morgan fingerprint density at radius 2 is 2.10 bits per heavy atom. The summed E-state index contributed by atoms with van der Waals surface area (Å²) in [4.78, 5) is 11.6. The molecule has 2 amide bonds. The second-order valence-corrected chi connectivity index (χ2v) is 5.29. The lowest BCUT2D eigenvalue weighted by atomic mass is 10.2. The van der Waals surface area contributed by atoms with Gasteiger partial charge in [0.15, 0.2) is 0 Å². The number of nitrogens with one attached hydrogen (secondary N) is 2. The summed E-state index contributed by atoms with van der Waals surface area (Å²) in [5.74, 6) is 0.430. The number of aliphatic hydroxyl groups is 1. The molecule has 1 rings (SSSR count). The first-order valence-electron chi connectivity index (χ1n) is 6.84. The zero-order valence-corrected chi connectivity index (χ0v) is 12.3. The number of carbonyl (C=O) groups is 1. The molecule has 0 saturated heterocycles. The van der Waals surface area contributed by atoms with E-state index in [1.807, 2.05) is 45.0 Å². The second-order valence-electron chi connectivity index (χ2n) is 5.29. The van der Waals surface area contributed by atoms with Gasteiger partial charge in [0.2, 0.25) is 0 Å². The molecule has 20 heavy (non-hydrogen) atoms. The summed E-state index contributed by atoms with van der Waals surface area (Å²) < 4.78 is 5.30. The maximum Gasteiger partial charge on any atom is 0.319 e. The first kappa shape index (κ1) is 16.5. The normalized spacial score (nSPS) is 12.2. The molecule has 5 heteroatoms. The van der Waals surface area contributed by atoms with E-state index in [0.717, 1.165) is 11.3 Å². The molecule has 0 aliphatic rings. The third kappa shape index (κ3) is 7.11. The quantitative estimate of drug-likeness (QED) is 0.716. The van der Waals surface area contributed by atoms with Gasteiger partial charge in [0.1, 0.15) is 0 Å². The van der Waals surface area contributed by atoms with Crippen molar-refractivity contribution in [2.75, 3.05) is 25.1 Å². The Balaban J connectivity index is 2.22. The summed E-state index contributed by atoms with van der Waals surface area (Å²) in [6.45, 7) is 7.03. The molecule has 1 atom stereocenters. The molecule has 5 nitrogen and oxygen atoms in total. The summed E-state index contributed by atoms with van der Waals surface area (Å²) in [6, 6.07) is 7.19. The molecular weight excluding hydrogens is 256 g/mol. The molecule has 3 N–H and O–H groups in total. The number of hydrogen-bond acceptors (Lipinski definition) is 3. The average Bonchev–Trinajstić information content (AvgIpc) is 2.36. The van der Waals surface area contributed by atoms with Gasteiger partial charge >= 0.3 is 6.03 Å². The maximum absolute atomic E-state index is 11.6. The van der Waals surface area contributed by atoms with Crippen molar-refractivity contribution in [2.24, 2.45) is 5.92 Å². The smallest absolute Gasteiger partial charge is 0.319 e. The van der Waals surface area contributed by atoms with Crippen LogP contribution in [0.3, 0.4) is 0 Å². The molecular formula is C15H24N2O3. The van der Waals surface area contributed by atoms with E-state index in [9.17, 15) is 9.90 Å². The SMILES string of the molecule is Cc1cccc(NC(=O)NCC(O)COCC(C)C)c1. The third-order valence-corrected chi connectivity index (χ3v) is 2.54. The average molecular weight is 280 g/mol. The highest BCUT2D eigenvalue weighted by atomic mass is 16.5. The van der Waals surface area contributed by atoms with Gasteiger partial charge in [0, 0.05) is 18.8 Å². The molecule has 0 heterocycles. The number of rotatable bonds is 7. The number of hydrogen-bond donors (Lipinski definition) is 3. The number of aryl methyl sites for hydroxylation is 1. The van der Waals surface area contributed by atoms with Crippen LogP contribution in [-0.2, 0) is 4.74 Å². The summed E-state index contributed by atoms with van der Waals surface area (Å²) in [5.41, 5.74) is 1.80. The number of carbonyl (C=O) groups excluding carboxylic acids is 1. The Morgan fingerprint density at radius 1 is 1.35 bits per heavy atom. The fourth-order valence-corrected chi connectivity index (χ4v) is 1.61. The fraction of sp³-hybridized carbons (Fsp3) is 0.533. The van der Waals surface area contributed by atoms with E-state index >= 15 is 0 Å². The Hall–Kier alpha value is -1.59. The van der Waals surface area contributed by atoms with Gasteiger partial charge in [0.05, 0.1) is 12.7 Å². The fourth-order valence-electron chi connectivity index (χ4n) is 1.61. The Morgan fingerprint density at radius 3 is 2.75 bits per heavy atom. The van der Waals surface area contributed by atoms with Crippen LogP contribution in [0.4, 0.5) is 10.5 Å². The monoisotopic (exact) mass is 280 g/mol. The first-order chi connectivity index (χ1) is 9.47. The van der Waals surface area contributed by atoms with Gasteiger partial charge in [0.25, 0.3) is 0 Å². The molecule has 1 unspecified atom stereocenters. The Labute approximate surface area is 120 Å². The van der Waals surface area contributed by atoms with Crippen molar-refractivity contribution in [3.8, 4) is 0 Å². The number of urea groups is 1. The van der Waals surface area contributed by atoms with E-state index in [4.69, 9.17) is 4.74 Å². The predicted octanol–water partition coefficient (Wildman–Crippen LogP) is 2.15. The van der Waals surface area contributed by atoms with Gasteiger partial charge in [-0.1, -0.05) is 26.0 Å². The lowest BCUT2D eigenvalue weighted by Crippen LogP contribution is -2.37. The standard InChI is InChI=1S/C15H24N2O3/c1-11(2)9-20-10-14(18)8-16-15(19)17-13-6-4-5-12(3)7-13/h4-7,11,14,18H,8-10H2,1-3H3,(H2,16,17,19). The van der Waals surface area contributed by atoms with Crippen molar-refractivity contribution in [2.45, 2.75) is 26.9 Å². The van der Waals surface area contributed by atoms with Gasteiger partial charge in [-0.25, -0.2) is 4.79 Å². The molecule has 0 fully saturated rings. The summed E-state index contributed by atoms with van der Waals surface area (Å²) in [5, 5.41) is 15.0. The van der Waals surface area contributed by atoms with Crippen molar-refractivity contribution in [1.29, 1.82) is 0 Å². The third-order valence-electron chi connectivity index (χ3n) is 2.54. The molecule has 0 saturated carbocycles. The van der Waals surface area contributed by atoms with Gasteiger partial charge < -0.3 is 20.5 Å². The van der Waals surface area contributed by atoms with Gasteiger partial charge in [-0.2, -0.15) is 0 Å². The van der Waals surface area contributed by atoms with Crippen LogP contribution in [0.5, 0.6) is 0 Å². The first-order valence-corrected chi connectivity index (χ1v) is 6.84. The van der Waals surface area contributed by atoms with Crippen molar-refractivity contribution in [1.82, 2.24) is 5.32 Å². The number of benzene rings is 1. The molecule has 0 bridgehead atoms. The van der Waals surface area contributed by atoms with E-state index in [1.54, 1.807) is 0 Å². The van der Waals surface area contributed by atoms with Crippen LogP contribution in [0.25, 0.3) is 0 Å². The van der Waals surface area contributed by atoms with Crippen LogP contribution in [0, 0.1) is 12.8 Å². The molecule has 0 radical (unpaired) electrons. The second kappa shape index (κ2) is 8.55. The molecule has 1 aromatic carbocycles. The van der Waals surface area contributed by atoms with E-state index in [0.29, 0.717) is 12.5 Å². The molecule has 0 spiro atoms. The maximum atomic E-state index is 11.6. The van der Waals surface area contributed by atoms with Crippen LogP contribution in [0.2, 0.25) is 0 Å². The van der Waals surface area contributed by atoms with Crippen LogP contribution in [-0.4, -0.2) is 37.0 Å². The number of aliphatic hydroxyl groups excluding tert-OH is 1. The van der Waals surface area contributed by atoms with Crippen LogP contribution in [0.15, 0.2) is 24.3 Å². The topological polar surface area (TPSA) is 70.6 Å². The van der Waals surface area contributed by atoms with Crippen molar-refractivity contribution < 1.29 is 14.6 Å². The largest absolute Gasteiger partial charge is 0.389 e. The number of amides is 2. The minimum atomic E-state index is -0.697. The Kier molecular flexibility index (Phi) is 7.04. The van der Waals surface area contributed by atoms with Gasteiger partial charge in [-0.05, 0) is 30.5 Å². The summed E-state index contributed by atoms with van der Waals surface area (Å²) in [7, 11) is 0. The summed E-state index contributed by atoms with van der Waals surface area (Å²) in [6.07, 6.45) is -0.697. The number of anilines is 1. The lowest BCUT2D eigenvalue weighted by molar-refractivity contribution is 0.0274. The molecule has 112 valence electrons. The van der Waals surface area contributed by atoms with E-state index in [2.05, 4.69) is 10.6 Å². The number of ether oxygens (including phenoxy) is 1. The van der Waals surface area contributed by atoms with Gasteiger partial charge in [-0.3, -0.25) is 0 Å². The highest BCUT2D eigenvalue weighted by Crippen LogP contribution is 2.08. The zero-order chi connectivity index (χ0) is 15.0. The van der Waals surface area contributed by atoms with E-state index < -0.39 is 6.10 Å². The van der Waals surface area contributed by atoms with Crippen LogP contribution < -0.4 is 10.6 Å². The molecule has 1 aromatic rings. The lowest BCUT2D eigenvalue weighted by Gasteiger charge is -2.14. The van der Waals surface area contributed by atoms with Crippen LogP contribution >= 0.6 is 0 Å². The van der Waals surface area contributed by atoms with Crippen molar-refractivity contribution in [3.05, 3.63) is 29.8 Å².